The molecule has 0 amide bonds. The topological polar surface area (TPSA) is 108 Å². The molecule has 0 bridgehead atoms. The Labute approximate surface area is 168 Å². The van der Waals surface area contributed by atoms with Crippen molar-refractivity contribution in [2.75, 3.05) is 20.8 Å². The number of Topliss-reactive ketones (excluding diaryl/α,β-unsaturated/α-hetero) is 1. The van der Waals surface area contributed by atoms with Crippen LogP contribution >= 0.6 is 0 Å². The Bertz CT molecular complexity index is 1010. The molecule has 9 heteroatoms. The molecule has 0 aliphatic heterocycles. The zero-order valence-electron chi connectivity index (χ0n) is 16.0. The van der Waals surface area contributed by atoms with Gasteiger partial charge in [0.2, 0.25) is 10.0 Å². The first-order valence-electron chi connectivity index (χ1n) is 8.89. The highest BCUT2D eigenvalue weighted by Crippen LogP contribution is 2.28. The number of esters is 1. The van der Waals surface area contributed by atoms with E-state index in [1.54, 1.807) is 24.3 Å². The normalized spacial score (nSPS) is 13.6. The predicted octanol–water partition coefficient (Wildman–Crippen LogP) is 2.18. The summed E-state index contributed by atoms with van der Waals surface area (Å²) in [6, 6.07) is 10.2. The molecule has 8 nitrogen and oxygen atoms in total. The molecule has 0 saturated heterocycles. The quantitative estimate of drug-likeness (QED) is 0.490. The first-order chi connectivity index (χ1) is 13.8. The number of ether oxygens (including phenoxy) is 3. The summed E-state index contributed by atoms with van der Waals surface area (Å²) in [6.45, 7) is -0.473. The van der Waals surface area contributed by atoms with Crippen LogP contribution in [-0.4, -0.2) is 47.0 Å². The van der Waals surface area contributed by atoms with Crippen LogP contribution in [0.25, 0.3) is 0 Å². The zero-order chi connectivity index (χ0) is 21.0. The molecule has 0 heterocycles. The van der Waals surface area contributed by atoms with Gasteiger partial charge in [-0.3, -0.25) is 4.79 Å². The summed E-state index contributed by atoms with van der Waals surface area (Å²) in [5.41, 5.74) is 0.370. The molecule has 3 rings (SSSR count). The van der Waals surface area contributed by atoms with Crippen LogP contribution in [0.3, 0.4) is 0 Å². The highest BCUT2D eigenvalue weighted by Gasteiger charge is 2.30. The fourth-order valence-corrected chi connectivity index (χ4v) is 4.07. The average molecular weight is 419 g/mol. The van der Waals surface area contributed by atoms with Crippen molar-refractivity contribution in [3.05, 3.63) is 53.6 Å². The van der Waals surface area contributed by atoms with Gasteiger partial charge in [-0.25, -0.2) is 17.9 Å². The summed E-state index contributed by atoms with van der Waals surface area (Å²) < 4.78 is 42.8. The van der Waals surface area contributed by atoms with E-state index in [-0.39, 0.29) is 22.3 Å². The van der Waals surface area contributed by atoms with Crippen LogP contribution in [0, 0.1) is 0 Å². The number of methoxy groups -OCH3 is 2. The van der Waals surface area contributed by atoms with Crippen molar-refractivity contribution in [2.24, 2.45) is 0 Å². The fourth-order valence-electron chi connectivity index (χ4n) is 2.57. The molecule has 0 spiro atoms. The molecule has 0 radical (unpaired) electrons. The van der Waals surface area contributed by atoms with Crippen LogP contribution in [0.5, 0.6) is 11.5 Å². The van der Waals surface area contributed by atoms with E-state index in [1.165, 1.54) is 32.4 Å². The standard InChI is InChI=1S/C20H21NO7S/c1-26-16-8-3-13(4-9-16)17(22)12-28-20(23)14-5-10-18(27-2)19(11-14)29(24,25)21-15-6-7-15/h3-5,8-11,15,21H,6-7,12H2,1-2H3. The Morgan fingerprint density at radius 2 is 1.66 bits per heavy atom. The number of carbonyl (C=O) groups excluding carboxylic acids is 2. The molecular weight excluding hydrogens is 398 g/mol. The van der Waals surface area contributed by atoms with E-state index in [4.69, 9.17) is 14.2 Å². The third-order valence-corrected chi connectivity index (χ3v) is 5.88. The molecule has 1 aliphatic rings. The number of ketones is 1. The molecule has 1 saturated carbocycles. The molecular formula is C20H21NO7S. The molecule has 1 fully saturated rings. The van der Waals surface area contributed by atoms with E-state index in [1.807, 2.05) is 0 Å². The lowest BCUT2D eigenvalue weighted by molar-refractivity contribution is 0.0474. The molecule has 29 heavy (non-hydrogen) atoms. The average Bonchev–Trinajstić information content (AvgIpc) is 3.54. The highest BCUT2D eigenvalue weighted by molar-refractivity contribution is 7.89. The van der Waals surface area contributed by atoms with Gasteiger partial charge in [0.1, 0.15) is 16.4 Å². The third-order valence-electron chi connectivity index (χ3n) is 4.33. The van der Waals surface area contributed by atoms with Crippen molar-refractivity contribution < 1.29 is 32.2 Å². The summed E-state index contributed by atoms with van der Waals surface area (Å²) in [7, 11) is -0.978. The molecule has 154 valence electrons. The number of hydrogen-bond donors (Lipinski definition) is 1. The van der Waals surface area contributed by atoms with Crippen LogP contribution in [-0.2, 0) is 14.8 Å². The Kier molecular flexibility index (Phi) is 6.19. The largest absolute Gasteiger partial charge is 0.497 e. The van der Waals surface area contributed by atoms with Gasteiger partial charge in [0.05, 0.1) is 19.8 Å². The second-order valence-corrected chi connectivity index (χ2v) is 8.17. The van der Waals surface area contributed by atoms with Gasteiger partial charge in [-0.1, -0.05) is 0 Å². The maximum Gasteiger partial charge on any atom is 0.338 e. The Balaban J connectivity index is 1.71. The van der Waals surface area contributed by atoms with Crippen molar-refractivity contribution in [2.45, 2.75) is 23.8 Å². The van der Waals surface area contributed by atoms with Gasteiger partial charge in [-0.15, -0.1) is 0 Å². The predicted molar refractivity (Wildman–Crippen MR) is 104 cm³/mol. The van der Waals surface area contributed by atoms with Gasteiger partial charge in [0, 0.05) is 11.6 Å². The lowest BCUT2D eigenvalue weighted by Gasteiger charge is -2.12. The smallest absolute Gasteiger partial charge is 0.338 e. The van der Waals surface area contributed by atoms with Gasteiger partial charge in [-0.05, 0) is 55.3 Å². The maximum atomic E-state index is 12.5. The molecule has 0 unspecified atom stereocenters. The SMILES string of the molecule is COc1ccc(C(=O)COC(=O)c2ccc(OC)c(S(=O)(=O)NC3CC3)c2)cc1. The summed E-state index contributed by atoms with van der Waals surface area (Å²) in [5.74, 6) is -0.482. The number of rotatable bonds is 9. The van der Waals surface area contributed by atoms with E-state index in [2.05, 4.69) is 4.72 Å². The number of carbonyl (C=O) groups is 2. The number of benzene rings is 2. The lowest BCUT2D eigenvalue weighted by atomic mass is 10.1. The minimum Gasteiger partial charge on any atom is -0.497 e. The summed E-state index contributed by atoms with van der Waals surface area (Å²) in [5, 5.41) is 0. The molecule has 2 aromatic rings. The van der Waals surface area contributed by atoms with E-state index in [9.17, 15) is 18.0 Å². The Morgan fingerprint density at radius 1 is 1.00 bits per heavy atom. The first kappa shape index (κ1) is 20.8. The number of hydrogen-bond acceptors (Lipinski definition) is 7. The van der Waals surface area contributed by atoms with Crippen molar-refractivity contribution in [1.29, 1.82) is 0 Å². The van der Waals surface area contributed by atoms with Gasteiger partial charge >= 0.3 is 5.97 Å². The second kappa shape index (κ2) is 8.62. The third kappa shape index (κ3) is 5.12. The fraction of sp³-hybridized carbons (Fsp3) is 0.300. The first-order valence-corrected chi connectivity index (χ1v) is 10.4. The second-order valence-electron chi connectivity index (χ2n) is 6.49. The molecule has 0 atom stereocenters. The minimum atomic E-state index is -3.84. The van der Waals surface area contributed by atoms with Gasteiger partial charge in [0.25, 0.3) is 0 Å². The van der Waals surface area contributed by atoms with Crippen LogP contribution < -0.4 is 14.2 Å². The van der Waals surface area contributed by atoms with Gasteiger partial charge < -0.3 is 14.2 Å². The summed E-state index contributed by atoms with van der Waals surface area (Å²) in [6.07, 6.45) is 1.55. The summed E-state index contributed by atoms with van der Waals surface area (Å²) >= 11 is 0. The number of nitrogens with one attached hydrogen (secondary N) is 1. The monoisotopic (exact) mass is 419 g/mol. The molecule has 0 aromatic heterocycles. The Hall–Kier alpha value is -2.91. The highest BCUT2D eigenvalue weighted by atomic mass is 32.2. The van der Waals surface area contributed by atoms with Crippen molar-refractivity contribution in [3.8, 4) is 11.5 Å². The maximum absolute atomic E-state index is 12.5. The van der Waals surface area contributed by atoms with E-state index in [0.29, 0.717) is 11.3 Å². The van der Waals surface area contributed by atoms with Crippen molar-refractivity contribution >= 4 is 21.8 Å². The van der Waals surface area contributed by atoms with Crippen molar-refractivity contribution in [1.82, 2.24) is 4.72 Å². The van der Waals surface area contributed by atoms with E-state index < -0.39 is 28.4 Å². The van der Waals surface area contributed by atoms with Crippen LogP contribution in [0.1, 0.15) is 33.6 Å². The van der Waals surface area contributed by atoms with E-state index >= 15 is 0 Å². The minimum absolute atomic E-state index is 0.00417. The van der Waals surface area contributed by atoms with Gasteiger partial charge in [-0.2, -0.15) is 0 Å². The lowest BCUT2D eigenvalue weighted by Crippen LogP contribution is -2.26. The Morgan fingerprint density at radius 3 is 2.24 bits per heavy atom. The van der Waals surface area contributed by atoms with Crippen molar-refractivity contribution in [3.63, 3.8) is 0 Å². The number of sulfonamides is 1. The van der Waals surface area contributed by atoms with Crippen LogP contribution in [0.15, 0.2) is 47.4 Å². The van der Waals surface area contributed by atoms with E-state index in [0.717, 1.165) is 12.8 Å². The molecule has 1 N–H and O–H groups in total. The zero-order valence-corrected chi connectivity index (χ0v) is 16.8. The molecule has 2 aromatic carbocycles. The van der Waals surface area contributed by atoms with Crippen LogP contribution in [0.4, 0.5) is 0 Å². The molecule has 1 aliphatic carbocycles. The van der Waals surface area contributed by atoms with Gasteiger partial charge in [0.15, 0.2) is 12.4 Å². The summed E-state index contributed by atoms with van der Waals surface area (Å²) in [4.78, 5) is 24.4. The van der Waals surface area contributed by atoms with Crippen LogP contribution in [0.2, 0.25) is 0 Å².